The maximum absolute atomic E-state index is 5.63. The molecule has 0 bridgehead atoms. The molecule has 0 N–H and O–H groups in total. The van der Waals surface area contributed by atoms with Gasteiger partial charge < -0.3 is 4.84 Å². The lowest BCUT2D eigenvalue weighted by molar-refractivity contribution is -0.0215. The number of hydrogen-bond acceptors (Lipinski definition) is 2. The van der Waals surface area contributed by atoms with E-state index in [9.17, 15) is 0 Å². The summed E-state index contributed by atoms with van der Waals surface area (Å²) in [6.07, 6.45) is 3.16. The van der Waals surface area contributed by atoms with Crippen molar-refractivity contribution in [2.75, 3.05) is 0 Å². The van der Waals surface area contributed by atoms with E-state index in [1.54, 1.807) is 0 Å². The molecule has 0 unspecified atom stereocenters. The van der Waals surface area contributed by atoms with Crippen LogP contribution in [0.1, 0.15) is 30.9 Å². The number of hydrogen-bond donors (Lipinski definition) is 0. The summed E-state index contributed by atoms with van der Waals surface area (Å²) >= 11 is 0. The van der Waals surface area contributed by atoms with Crippen molar-refractivity contribution in [1.82, 2.24) is 0 Å². The van der Waals surface area contributed by atoms with E-state index in [2.05, 4.69) is 29.4 Å². The molecular weight excluding hydrogens is 174 g/mol. The molecule has 1 aromatic carbocycles. The normalized spacial score (nSPS) is 28.8. The molecule has 1 aliphatic carbocycles. The van der Waals surface area contributed by atoms with Crippen LogP contribution in [-0.4, -0.2) is 5.71 Å². The molecule has 1 spiro atoms. The van der Waals surface area contributed by atoms with Gasteiger partial charge in [0.1, 0.15) is 0 Å². The van der Waals surface area contributed by atoms with Gasteiger partial charge in [0.05, 0.1) is 5.71 Å². The highest BCUT2D eigenvalue weighted by atomic mass is 16.7. The van der Waals surface area contributed by atoms with Gasteiger partial charge in [0, 0.05) is 12.0 Å². The molecule has 1 heterocycles. The number of aryl methyl sites for hydroxylation is 1. The van der Waals surface area contributed by atoms with Gasteiger partial charge in [0.2, 0.25) is 0 Å². The third kappa shape index (κ3) is 0.939. The fourth-order valence-corrected chi connectivity index (χ4v) is 2.58. The van der Waals surface area contributed by atoms with Gasteiger partial charge in [0.15, 0.2) is 5.60 Å². The van der Waals surface area contributed by atoms with Crippen molar-refractivity contribution in [3.05, 3.63) is 35.4 Å². The van der Waals surface area contributed by atoms with Gasteiger partial charge >= 0.3 is 0 Å². The molecule has 2 aliphatic rings. The molecule has 2 nitrogen and oxygen atoms in total. The second kappa shape index (κ2) is 2.59. The van der Waals surface area contributed by atoms with E-state index in [-0.39, 0.29) is 5.60 Å². The van der Waals surface area contributed by atoms with Gasteiger partial charge in [-0.05, 0) is 25.3 Å². The summed E-state index contributed by atoms with van der Waals surface area (Å²) in [7, 11) is 0. The molecule has 0 radical (unpaired) electrons. The van der Waals surface area contributed by atoms with Crippen molar-refractivity contribution in [2.24, 2.45) is 5.16 Å². The molecule has 1 aromatic rings. The van der Waals surface area contributed by atoms with E-state index in [1.807, 2.05) is 6.92 Å². The summed E-state index contributed by atoms with van der Waals surface area (Å²) in [6.45, 7) is 2.04. The van der Waals surface area contributed by atoms with Gasteiger partial charge in [-0.15, -0.1) is 0 Å². The third-order valence-corrected chi connectivity index (χ3v) is 3.22. The summed E-state index contributed by atoms with van der Waals surface area (Å²) in [5.74, 6) is 0. The van der Waals surface area contributed by atoms with Crippen LogP contribution in [0, 0.1) is 0 Å². The Morgan fingerprint density at radius 3 is 3.00 bits per heavy atom. The van der Waals surface area contributed by atoms with Crippen LogP contribution in [0.15, 0.2) is 29.4 Å². The second-order valence-electron chi connectivity index (χ2n) is 4.25. The molecule has 0 saturated heterocycles. The minimum absolute atomic E-state index is 0.110. The number of benzene rings is 1. The standard InChI is InChI=1S/C12H13NO/c1-9-8-12(14-13-9)7-6-10-4-2-3-5-11(10)12/h2-5H,6-8H2,1H3/t12-/m1/s1. The average Bonchev–Trinajstić information content (AvgIpc) is 2.75. The van der Waals surface area contributed by atoms with Gasteiger partial charge in [-0.3, -0.25) is 0 Å². The molecule has 0 fully saturated rings. The van der Waals surface area contributed by atoms with Gasteiger partial charge in [-0.1, -0.05) is 29.4 Å². The van der Waals surface area contributed by atoms with Crippen molar-refractivity contribution in [2.45, 2.75) is 31.8 Å². The molecular formula is C12H13NO. The average molecular weight is 187 g/mol. The van der Waals surface area contributed by atoms with E-state index in [1.165, 1.54) is 11.1 Å². The van der Waals surface area contributed by atoms with Crippen molar-refractivity contribution in [3.8, 4) is 0 Å². The third-order valence-electron chi connectivity index (χ3n) is 3.22. The Morgan fingerprint density at radius 1 is 1.36 bits per heavy atom. The highest BCUT2D eigenvalue weighted by Crippen LogP contribution is 2.45. The zero-order valence-electron chi connectivity index (χ0n) is 8.29. The van der Waals surface area contributed by atoms with E-state index >= 15 is 0 Å². The van der Waals surface area contributed by atoms with Crippen molar-refractivity contribution < 1.29 is 4.84 Å². The Morgan fingerprint density at radius 2 is 2.21 bits per heavy atom. The zero-order valence-corrected chi connectivity index (χ0v) is 8.29. The Bertz CT molecular complexity index is 411. The van der Waals surface area contributed by atoms with Crippen LogP contribution < -0.4 is 0 Å². The minimum Gasteiger partial charge on any atom is -0.384 e. The van der Waals surface area contributed by atoms with E-state index < -0.39 is 0 Å². The van der Waals surface area contributed by atoms with Crippen molar-refractivity contribution in [3.63, 3.8) is 0 Å². The van der Waals surface area contributed by atoms with Crippen LogP contribution in [0.5, 0.6) is 0 Å². The summed E-state index contributed by atoms with van der Waals surface area (Å²) in [4.78, 5) is 5.63. The van der Waals surface area contributed by atoms with Crippen LogP contribution in [0.4, 0.5) is 0 Å². The topological polar surface area (TPSA) is 21.6 Å². The molecule has 14 heavy (non-hydrogen) atoms. The summed E-state index contributed by atoms with van der Waals surface area (Å²) in [5.41, 5.74) is 3.78. The lowest BCUT2D eigenvalue weighted by Gasteiger charge is -2.21. The lowest BCUT2D eigenvalue weighted by Crippen LogP contribution is -2.22. The molecule has 0 saturated carbocycles. The molecule has 3 rings (SSSR count). The first-order chi connectivity index (χ1) is 6.80. The number of oxime groups is 1. The number of rotatable bonds is 0. The Kier molecular flexibility index (Phi) is 1.49. The number of nitrogens with zero attached hydrogens (tertiary/aromatic N) is 1. The van der Waals surface area contributed by atoms with Gasteiger partial charge in [-0.25, -0.2) is 0 Å². The maximum atomic E-state index is 5.63. The van der Waals surface area contributed by atoms with Crippen molar-refractivity contribution in [1.29, 1.82) is 0 Å². The SMILES string of the molecule is CC1=NO[C@]2(CCc3ccccc32)C1. The van der Waals surface area contributed by atoms with E-state index in [0.29, 0.717) is 0 Å². The molecule has 0 amide bonds. The van der Waals surface area contributed by atoms with Crippen LogP contribution >= 0.6 is 0 Å². The number of fused-ring (bicyclic) bond motifs is 2. The summed E-state index contributed by atoms with van der Waals surface area (Å²) in [5, 5.41) is 4.09. The van der Waals surface area contributed by atoms with Gasteiger partial charge in [0.25, 0.3) is 0 Å². The summed E-state index contributed by atoms with van der Waals surface area (Å²) in [6, 6.07) is 8.56. The van der Waals surface area contributed by atoms with Crippen LogP contribution in [0.25, 0.3) is 0 Å². The first-order valence-corrected chi connectivity index (χ1v) is 5.10. The highest BCUT2D eigenvalue weighted by molar-refractivity contribution is 5.84. The molecule has 1 aliphatic heterocycles. The Hall–Kier alpha value is -1.31. The first kappa shape index (κ1) is 8.04. The second-order valence-corrected chi connectivity index (χ2v) is 4.25. The zero-order chi connectivity index (χ0) is 9.60. The molecule has 0 aromatic heterocycles. The largest absolute Gasteiger partial charge is 0.384 e. The van der Waals surface area contributed by atoms with Crippen LogP contribution in [-0.2, 0) is 16.9 Å². The quantitative estimate of drug-likeness (QED) is 0.611. The maximum Gasteiger partial charge on any atom is 0.168 e. The van der Waals surface area contributed by atoms with Gasteiger partial charge in [-0.2, -0.15) is 0 Å². The lowest BCUT2D eigenvalue weighted by atomic mass is 9.91. The first-order valence-electron chi connectivity index (χ1n) is 5.10. The predicted molar refractivity (Wildman–Crippen MR) is 55.3 cm³/mol. The molecule has 1 atom stereocenters. The van der Waals surface area contributed by atoms with Crippen molar-refractivity contribution >= 4 is 5.71 Å². The highest BCUT2D eigenvalue weighted by Gasteiger charge is 2.44. The molecule has 2 heteroatoms. The minimum atomic E-state index is -0.110. The van der Waals surface area contributed by atoms with E-state index in [0.717, 1.165) is 25.0 Å². The smallest absolute Gasteiger partial charge is 0.168 e. The Labute approximate surface area is 83.6 Å². The molecule has 72 valence electrons. The van der Waals surface area contributed by atoms with Crippen LogP contribution in [0.2, 0.25) is 0 Å². The summed E-state index contributed by atoms with van der Waals surface area (Å²) < 4.78 is 0. The predicted octanol–water partition coefficient (Wildman–Crippen LogP) is 2.62. The monoisotopic (exact) mass is 187 g/mol. The van der Waals surface area contributed by atoms with E-state index in [4.69, 9.17) is 4.84 Å². The fourth-order valence-electron chi connectivity index (χ4n) is 2.58. The van der Waals surface area contributed by atoms with Crippen LogP contribution in [0.3, 0.4) is 0 Å². The Balaban J connectivity index is 2.06. The fraction of sp³-hybridized carbons (Fsp3) is 0.417.